The van der Waals surface area contributed by atoms with Crippen LogP contribution in [0, 0.1) is 17.8 Å². The molecular weight excluding hydrogens is 342 g/mol. The molecule has 2 heterocycles. The molecule has 1 aliphatic heterocycles. The third-order valence-electron chi connectivity index (χ3n) is 7.11. The van der Waals surface area contributed by atoms with Gasteiger partial charge in [-0.05, 0) is 61.8 Å². The summed E-state index contributed by atoms with van der Waals surface area (Å²) in [6.07, 6.45) is 8.46. The van der Waals surface area contributed by atoms with E-state index in [-0.39, 0.29) is 16.6 Å². The molecule has 0 unspecified atom stereocenters. The Balaban J connectivity index is 1.35. The van der Waals surface area contributed by atoms with Gasteiger partial charge in [-0.25, -0.2) is 4.98 Å². The van der Waals surface area contributed by atoms with Crippen LogP contribution in [0.15, 0.2) is 35.5 Å². The van der Waals surface area contributed by atoms with Crippen molar-refractivity contribution in [1.82, 2.24) is 14.8 Å². The van der Waals surface area contributed by atoms with Crippen molar-refractivity contribution in [3.63, 3.8) is 0 Å². The van der Waals surface area contributed by atoms with Crippen molar-refractivity contribution in [2.45, 2.75) is 60.8 Å². The maximum atomic E-state index is 12.8. The van der Waals surface area contributed by atoms with E-state index in [0.29, 0.717) is 6.42 Å². The molecule has 26 heavy (non-hydrogen) atoms. The van der Waals surface area contributed by atoms with E-state index in [1.54, 1.807) is 16.4 Å². The molecule has 4 nitrogen and oxygen atoms in total. The number of benzene rings is 1. The highest BCUT2D eigenvalue weighted by Gasteiger charge is 2.54. The van der Waals surface area contributed by atoms with Gasteiger partial charge < -0.3 is 0 Å². The zero-order chi connectivity index (χ0) is 17.3. The van der Waals surface area contributed by atoms with Crippen molar-refractivity contribution < 1.29 is 4.79 Å². The minimum Gasteiger partial charge on any atom is -0.272 e. The Kier molecular flexibility index (Phi) is 3.23. The number of aromatic nitrogens is 3. The first-order valence-corrected chi connectivity index (χ1v) is 10.8. The highest BCUT2D eigenvalue weighted by atomic mass is 32.2. The first-order chi connectivity index (χ1) is 12.7. The standard InChI is InChI=1S/C21H23N3OS/c25-18-9-17(16-4-2-1-3-5-16)26-20-22-19(23-24(18)20)21-10-13-6-14(11-21)8-15(7-13)12-21/h1-5,13-15,17H,6-12H2/t13?,14?,15?,17-,21?/m0/s1. The molecule has 0 spiro atoms. The van der Waals surface area contributed by atoms with E-state index in [2.05, 4.69) is 12.1 Å². The van der Waals surface area contributed by atoms with Gasteiger partial charge in [-0.1, -0.05) is 42.1 Å². The van der Waals surface area contributed by atoms with Crippen LogP contribution in [0.1, 0.15) is 66.4 Å². The molecule has 5 aliphatic rings. The smallest absolute Gasteiger partial charge is 0.250 e. The lowest BCUT2D eigenvalue weighted by Gasteiger charge is -2.55. The molecular formula is C21H23N3OS. The van der Waals surface area contributed by atoms with Gasteiger partial charge in [0.1, 0.15) is 0 Å². The van der Waals surface area contributed by atoms with E-state index >= 15 is 0 Å². The van der Waals surface area contributed by atoms with E-state index in [1.165, 1.54) is 44.1 Å². The van der Waals surface area contributed by atoms with Crippen LogP contribution in [0.4, 0.5) is 0 Å². The fraction of sp³-hybridized carbons (Fsp3) is 0.571. The molecule has 1 aromatic heterocycles. The first-order valence-electron chi connectivity index (χ1n) is 9.91. The molecule has 4 bridgehead atoms. The third kappa shape index (κ3) is 2.25. The summed E-state index contributed by atoms with van der Waals surface area (Å²) in [7, 11) is 0. The molecule has 0 N–H and O–H groups in total. The quantitative estimate of drug-likeness (QED) is 0.779. The molecule has 5 heteroatoms. The summed E-state index contributed by atoms with van der Waals surface area (Å²) in [5.74, 6) is 3.66. The molecule has 7 rings (SSSR count). The lowest BCUT2D eigenvalue weighted by molar-refractivity contribution is -0.00944. The molecule has 1 atom stereocenters. The summed E-state index contributed by atoms with van der Waals surface area (Å²) in [6, 6.07) is 10.3. The van der Waals surface area contributed by atoms with Crippen LogP contribution in [0.2, 0.25) is 0 Å². The van der Waals surface area contributed by atoms with Crippen molar-refractivity contribution in [2.75, 3.05) is 0 Å². The van der Waals surface area contributed by atoms with Crippen LogP contribution in [-0.2, 0) is 5.41 Å². The van der Waals surface area contributed by atoms with Gasteiger partial charge in [0, 0.05) is 17.1 Å². The van der Waals surface area contributed by atoms with Gasteiger partial charge in [0.25, 0.3) is 5.91 Å². The van der Waals surface area contributed by atoms with Crippen molar-refractivity contribution in [1.29, 1.82) is 0 Å². The normalized spacial score (nSPS) is 37.8. The highest BCUT2D eigenvalue weighted by molar-refractivity contribution is 7.99. The first kappa shape index (κ1) is 15.4. The maximum absolute atomic E-state index is 12.8. The second-order valence-corrected chi connectivity index (χ2v) is 10.1. The van der Waals surface area contributed by atoms with E-state index < -0.39 is 0 Å². The molecule has 0 saturated heterocycles. The number of hydrogen-bond donors (Lipinski definition) is 0. The minimum atomic E-state index is 0.0936. The topological polar surface area (TPSA) is 47.8 Å². The van der Waals surface area contributed by atoms with Crippen LogP contribution in [0.3, 0.4) is 0 Å². The summed E-state index contributed by atoms with van der Waals surface area (Å²) in [4.78, 5) is 17.7. The van der Waals surface area contributed by atoms with Crippen LogP contribution in [0.5, 0.6) is 0 Å². The summed E-state index contributed by atoms with van der Waals surface area (Å²) in [5, 5.41) is 5.75. The molecule has 4 fully saturated rings. The second kappa shape index (κ2) is 5.44. The van der Waals surface area contributed by atoms with Crippen molar-refractivity contribution in [2.24, 2.45) is 17.8 Å². The van der Waals surface area contributed by atoms with Gasteiger partial charge in [0.05, 0.1) is 0 Å². The zero-order valence-corrected chi connectivity index (χ0v) is 15.6. The van der Waals surface area contributed by atoms with E-state index in [4.69, 9.17) is 10.1 Å². The van der Waals surface area contributed by atoms with Gasteiger partial charge in [-0.2, -0.15) is 4.68 Å². The van der Waals surface area contributed by atoms with Crippen molar-refractivity contribution in [3.05, 3.63) is 41.7 Å². The fourth-order valence-corrected chi connectivity index (χ4v) is 7.57. The molecule has 4 aliphatic carbocycles. The van der Waals surface area contributed by atoms with Crippen LogP contribution in [0.25, 0.3) is 0 Å². The predicted molar refractivity (Wildman–Crippen MR) is 100 cm³/mol. The summed E-state index contributed by atoms with van der Waals surface area (Å²) in [6.45, 7) is 0. The van der Waals surface area contributed by atoms with Gasteiger partial charge in [0.2, 0.25) is 0 Å². The van der Waals surface area contributed by atoms with Gasteiger partial charge in [-0.15, -0.1) is 5.10 Å². The largest absolute Gasteiger partial charge is 0.272 e. The average molecular weight is 366 g/mol. The molecule has 1 aromatic carbocycles. The number of carbonyl (C=O) groups is 1. The van der Waals surface area contributed by atoms with Gasteiger partial charge in [0.15, 0.2) is 11.0 Å². The Morgan fingerprint density at radius 3 is 2.31 bits per heavy atom. The lowest BCUT2D eigenvalue weighted by Crippen LogP contribution is -2.49. The lowest BCUT2D eigenvalue weighted by atomic mass is 9.49. The summed E-state index contributed by atoms with van der Waals surface area (Å²) >= 11 is 1.71. The Bertz CT molecular complexity index is 839. The molecule has 0 radical (unpaired) electrons. The van der Waals surface area contributed by atoms with Crippen LogP contribution >= 0.6 is 11.8 Å². The number of fused-ring (bicyclic) bond motifs is 1. The SMILES string of the molecule is O=C1C[C@@H](c2ccccc2)Sc2nc(C34CC5CC(CC(C5)C3)C4)nn21. The highest BCUT2D eigenvalue weighted by Crippen LogP contribution is 2.60. The number of carbonyl (C=O) groups excluding carboxylic acids is 1. The summed E-state index contributed by atoms with van der Waals surface area (Å²) in [5.41, 5.74) is 1.36. The van der Waals surface area contributed by atoms with Crippen LogP contribution < -0.4 is 0 Å². The molecule has 134 valence electrons. The Hall–Kier alpha value is -1.62. The van der Waals surface area contributed by atoms with Gasteiger partial charge >= 0.3 is 0 Å². The summed E-state index contributed by atoms with van der Waals surface area (Å²) < 4.78 is 1.61. The van der Waals surface area contributed by atoms with Gasteiger partial charge in [-0.3, -0.25) is 4.79 Å². The Morgan fingerprint density at radius 2 is 1.65 bits per heavy atom. The molecule has 4 saturated carbocycles. The van der Waals surface area contributed by atoms with E-state index in [9.17, 15) is 4.79 Å². The van der Waals surface area contributed by atoms with E-state index in [0.717, 1.165) is 28.7 Å². The monoisotopic (exact) mass is 365 g/mol. The number of hydrogen-bond acceptors (Lipinski definition) is 4. The third-order valence-corrected chi connectivity index (χ3v) is 8.30. The second-order valence-electron chi connectivity index (χ2n) is 8.94. The molecule has 2 aromatic rings. The average Bonchev–Trinajstić information content (AvgIpc) is 3.07. The zero-order valence-electron chi connectivity index (χ0n) is 14.8. The fourth-order valence-electron chi connectivity index (χ4n) is 6.41. The number of nitrogens with zero attached hydrogens (tertiary/aromatic N) is 3. The van der Waals surface area contributed by atoms with E-state index in [1.807, 2.05) is 18.2 Å². The molecule has 0 amide bonds. The minimum absolute atomic E-state index is 0.0936. The Morgan fingerprint density at radius 1 is 1.00 bits per heavy atom. The van der Waals surface area contributed by atoms with Crippen molar-refractivity contribution in [3.8, 4) is 0 Å². The number of thioether (sulfide) groups is 1. The van der Waals surface area contributed by atoms with Crippen molar-refractivity contribution >= 4 is 17.7 Å². The number of rotatable bonds is 2. The van der Waals surface area contributed by atoms with Crippen LogP contribution in [-0.4, -0.2) is 20.7 Å². The predicted octanol–water partition coefficient (Wildman–Crippen LogP) is 4.62. The maximum Gasteiger partial charge on any atom is 0.250 e. The Labute approximate surface area is 157 Å².